The predicted octanol–water partition coefficient (Wildman–Crippen LogP) is 8.43. The number of halogens is 9. The number of hydrogen-bond acceptors (Lipinski definition) is 13. The molecule has 10 amide bonds. The van der Waals surface area contributed by atoms with Crippen molar-refractivity contribution in [1.82, 2.24) is 53.2 Å². The molecule has 0 aromatic carbocycles. The lowest BCUT2D eigenvalue weighted by molar-refractivity contribution is -0.157. The summed E-state index contributed by atoms with van der Waals surface area (Å²) in [5, 5.41) is 29.4. The maximum absolute atomic E-state index is 13.9. The minimum absolute atomic E-state index is 0.359. The lowest BCUT2D eigenvalue weighted by Gasteiger charge is -2.33. The first-order valence-electron chi connectivity index (χ1n) is 30.4. The minimum Gasteiger partial charge on any atom is -0.468 e. The Labute approximate surface area is 580 Å². The minimum atomic E-state index is -1.59. The molecule has 10 N–H and O–H groups in total. The third kappa shape index (κ3) is 26.3. The van der Waals surface area contributed by atoms with Gasteiger partial charge in [-0.25, -0.2) is 4.79 Å². The number of rotatable bonds is 20. The Morgan fingerprint density at radius 1 is 0.286 bits per heavy atom. The highest BCUT2D eigenvalue weighted by molar-refractivity contribution is 6.63. The summed E-state index contributed by atoms with van der Waals surface area (Å²) in [4.78, 5) is 148. The number of methoxy groups -OCH3 is 1. The van der Waals surface area contributed by atoms with Gasteiger partial charge in [0, 0.05) is 54.4 Å². The van der Waals surface area contributed by atoms with Gasteiger partial charge in [-0.2, -0.15) is 0 Å². The van der Waals surface area contributed by atoms with Crippen LogP contribution in [0.15, 0.2) is 0 Å². The van der Waals surface area contributed by atoms with Crippen molar-refractivity contribution in [2.75, 3.05) is 7.11 Å². The van der Waals surface area contributed by atoms with E-state index in [1.807, 2.05) is 0 Å². The van der Waals surface area contributed by atoms with Gasteiger partial charge in [-0.1, -0.05) is 104 Å². The van der Waals surface area contributed by atoms with Crippen molar-refractivity contribution in [3.8, 4) is 0 Å². The van der Waals surface area contributed by atoms with Crippen LogP contribution >= 0.6 is 104 Å². The Morgan fingerprint density at radius 2 is 0.429 bits per heavy atom. The quantitative estimate of drug-likeness (QED) is 0.0311. The van der Waals surface area contributed by atoms with Crippen LogP contribution in [0.25, 0.3) is 0 Å². The molecule has 0 aromatic heterocycles. The molecule has 0 saturated heterocycles. The molecular formula is C59H95Cl9N10O13. The average molecular weight is 1470 g/mol. The predicted molar refractivity (Wildman–Crippen MR) is 355 cm³/mol. The van der Waals surface area contributed by atoms with E-state index in [0.717, 1.165) is 6.42 Å². The maximum Gasteiger partial charge on any atom is 0.407 e. The van der Waals surface area contributed by atoms with Crippen LogP contribution in [-0.2, 0) is 57.4 Å². The highest BCUT2D eigenvalue weighted by Crippen LogP contribution is 2.31. The van der Waals surface area contributed by atoms with E-state index in [2.05, 4.69) is 53.2 Å². The Morgan fingerprint density at radius 3 is 0.571 bits per heavy atom. The fourth-order valence-corrected chi connectivity index (χ4v) is 10.9. The second-order valence-corrected chi connectivity index (χ2v) is 32.9. The summed E-state index contributed by atoms with van der Waals surface area (Å²) in [5.74, 6) is -5.66. The molecule has 5 saturated carbocycles. The van der Waals surface area contributed by atoms with Gasteiger partial charge >= 0.3 is 12.1 Å². The highest BCUT2D eigenvalue weighted by atomic mass is 35.6. The molecule has 5 aliphatic rings. The van der Waals surface area contributed by atoms with Gasteiger partial charge in [-0.3, -0.25) is 47.9 Å². The zero-order chi connectivity index (χ0) is 69.9. The third-order valence-corrected chi connectivity index (χ3v) is 16.9. The third-order valence-electron chi connectivity index (χ3n) is 16.9. The van der Waals surface area contributed by atoms with Crippen LogP contribution in [0.2, 0.25) is 0 Å². The molecule has 0 heterocycles. The average Bonchev–Trinajstić information content (AvgIpc) is 1.93. The maximum atomic E-state index is 13.9. The monoisotopic (exact) mass is 1470 g/mol. The summed E-state index contributed by atoms with van der Waals surface area (Å²) >= 11 is 43.3. The van der Waals surface area contributed by atoms with Crippen molar-refractivity contribution < 1.29 is 62.2 Å². The zero-order valence-corrected chi connectivity index (χ0v) is 61.1. The molecule has 10 atom stereocenters. The Balaban J connectivity index is 0.00000215. The summed E-state index contributed by atoms with van der Waals surface area (Å²) < 4.78 is 7.93. The number of amides is 10. The van der Waals surface area contributed by atoms with Gasteiger partial charge in [-0.05, 0) is 186 Å². The Bertz CT molecular complexity index is 2520. The number of ether oxygens (including phenoxy) is 2. The van der Waals surface area contributed by atoms with E-state index in [4.69, 9.17) is 114 Å². The van der Waals surface area contributed by atoms with E-state index >= 15 is 0 Å². The SMILES string of the molecule is COC(=O)C(C)(C)C(=O)N[C@H]1CCC[C@@H]1NC(=O)C(C)(C)C(=O)N[C@H]1CCC[C@@H]1NC(=O)C(C)(C)C(=O)N[C@H]1CCC[C@@H]1NC(=O)C(C)(C)C(=O)N[C@H]1CCC[C@@H]1NC(=O)C(C)(C)C(=O)N[C@H]1CCC[C@@H]1NC(=O)OC(C)(C)C.ClC(Cl)Cl.ClC(Cl)Cl.ClC(Cl)Cl. The molecule has 522 valence electrons. The van der Waals surface area contributed by atoms with Crippen LogP contribution in [0.1, 0.15) is 186 Å². The number of alkyl carbamates (subject to hydrolysis) is 1. The van der Waals surface area contributed by atoms with Crippen LogP contribution in [0, 0.1) is 27.1 Å². The molecule has 23 nitrogen and oxygen atoms in total. The van der Waals surface area contributed by atoms with E-state index in [9.17, 15) is 52.7 Å². The number of hydrogen-bond donors (Lipinski definition) is 10. The number of alkyl halides is 9. The first-order valence-corrected chi connectivity index (χ1v) is 34.3. The van der Waals surface area contributed by atoms with Crippen LogP contribution in [0.3, 0.4) is 0 Å². The van der Waals surface area contributed by atoms with Crippen LogP contribution < -0.4 is 53.2 Å². The van der Waals surface area contributed by atoms with Crippen molar-refractivity contribution in [1.29, 1.82) is 0 Å². The first-order chi connectivity index (χ1) is 41.7. The van der Waals surface area contributed by atoms with Crippen LogP contribution in [-0.4, -0.2) is 151 Å². The molecule has 5 fully saturated rings. The van der Waals surface area contributed by atoms with Gasteiger partial charge in [0.2, 0.25) is 53.2 Å². The van der Waals surface area contributed by atoms with Gasteiger partial charge in [0.25, 0.3) is 0 Å². The zero-order valence-electron chi connectivity index (χ0n) is 54.3. The first kappa shape index (κ1) is 83.7. The van der Waals surface area contributed by atoms with Crippen molar-refractivity contribution in [3.63, 3.8) is 0 Å². The number of nitrogens with one attached hydrogen (secondary N) is 10. The van der Waals surface area contributed by atoms with Crippen LogP contribution in [0.5, 0.6) is 0 Å². The van der Waals surface area contributed by atoms with E-state index < -0.39 is 165 Å². The summed E-state index contributed by atoms with van der Waals surface area (Å²) in [5.41, 5.74) is -8.34. The lowest BCUT2D eigenvalue weighted by atomic mass is 9.88. The van der Waals surface area contributed by atoms with E-state index in [0.29, 0.717) is 89.9 Å². The number of carbonyl (C=O) groups is 11. The van der Waals surface area contributed by atoms with Crippen molar-refractivity contribution in [3.05, 3.63) is 0 Å². The van der Waals surface area contributed by atoms with Crippen LogP contribution in [0.4, 0.5) is 4.79 Å². The molecule has 0 bridgehead atoms. The summed E-state index contributed by atoms with van der Waals surface area (Å²) in [6.45, 7) is 20.2. The highest BCUT2D eigenvalue weighted by Gasteiger charge is 2.48. The summed E-state index contributed by atoms with van der Waals surface area (Å²) in [6.07, 6.45) is 8.38. The van der Waals surface area contributed by atoms with Crippen molar-refractivity contribution >= 4 is 170 Å². The molecular weight excluding hydrogens is 1380 g/mol. The normalized spacial score (nSPS) is 24.1. The van der Waals surface area contributed by atoms with Gasteiger partial charge < -0.3 is 62.6 Å². The van der Waals surface area contributed by atoms with E-state index in [-0.39, 0.29) is 6.04 Å². The molecule has 0 aromatic rings. The van der Waals surface area contributed by atoms with E-state index in [1.165, 1.54) is 76.3 Å². The largest absolute Gasteiger partial charge is 0.468 e. The fourth-order valence-electron chi connectivity index (χ4n) is 10.9. The van der Waals surface area contributed by atoms with Gasteiger partial charge in [0.15, 0.2) is 12.9 Å². The Hall–Kier alpha value is -3.42. The molecule has 0 unspecified atom stereocenters. The van der Waals surface area contributed by atoms with Gasteiger partial charge in [0.1, 0.15) is 32.7 Å². The number of carbonyl (C=O) groups excluding carboxylic acids is 11. The second kappa shape index (κ2) is 36.6. The lowest BCUT2D eigenvalue weighted by Crippen LogP contribution is -2.60. The molecule has 32 heteroatoms. The second-order valence-electron chi connectivity index (χ2n) is 27.0. The summed E-state index contributed by atoms with van der Waals surface area (Å²) in [7, 11) is 1.20. The molecule has 5 rings (SSSR count). The standard InChI is InChI=1S/C56H92N10O13.3CHCl3/c1-51(2,3)79-50(77)66-39-29-19-28-38(39)64-47(74)55(10,11)46(73)62-35-25-17-24-34(35)60-43(70)53(6,7)42(69)58-31-21-15-20-30(31)57-40(67)52(4,5)41(68)59-32-22-16-23-33(32)61-44(71)54(8,9)45(72)63-36-26-18-27-37(36)65-48(75)56(12,13)49(76)78-14;3*2-1(3)4/h30-39H,15-29H2,1-14H3,(H,57,67)(H,58,69)(H,59,68)(H,60,70)(H,61,71)(H,62,73)(H,63,72)(H,64,74)(H,65,75)(H,66,77);3*1H/t30-,31-,32-,33-,34-,35-,36-,37-,38-,39-;;;/m0.../s1. The molecule has 0 spiro atoms. The number of esters is 1. The van der Waals surface area contributed by atoms with Crippen molar-refractivity contribution in [2.24, 2.45) is 27.1 Å². The molecule has 0 radical (unpaired) electrons. The topological polar surface area (TPSA) is 327 Å². The molecule has 5 aliphatic carbocycles. The molecule has 91 heavy (non-hydrogen) atoms. The van der Waals surface area contributed by atoms with Crippen molar-refractivity contribution in [2.45, 2.75) is 265 Å². The van der Waals surface area contributed by atoms with E-state index in [1.54, 1.807) is 20.8 Å². The summed E-state index contributed by atoms with van der Waals surface area (Å²) in [6, 6.07) is -4.88. The smallest absolute Gasteiger partial charge is 0.407 e. The Kier molecular flexibility index (Phi) is 33.7. The van der Waals surface area contributed by atoms with Gasteiger partial charge in [-0.15, -0.1) is 0 Å². The fraction of sp³-hybridized carbons (Fsp3) is 0.814. The van der Waals surface area contributed by atoms with Gasteiger partial charge in [0.05, 0.1) is 13.2 Å². The molecule has 0 aliphatic heterocycles.